The number of hydrogen-bond acceptors (Lipinski definition) is 5. The molecule has 1 saturated heterocycles. The summed E-state index contributed by atoms with van der Waals surface area (Å²) in [6.07, 6.45) is -1.23. The summed E-state index contributed by atoms with van der Waals surface area (Å²) in [5, 5.41) is 0. The van der Waals surface area contributed by atoms with E-state index >= 15 is 0 Å². The number of ether oxygens (including phenoxy) is 1. The van der Waals surface area contributed by atoms with E-state index in [4.69, 9.17) is 14.4 Å². The Hall–Kier alpha value is -4.15. The Morgan fingerprint density at radius 3 is 1.49 bits per heavy atom. The summed E-state index contributed by atoms with van der Waals surface area (Å²) in [5.74, 6) is -12.7. The van der Waals surface area contributed by atoms with Crippen molar-refractivity contribution in [2.75, 3.05) is 27.8 Å². The number of halogens is 6. The first-order valence-corrected chi connectivity index (χ1v) is 23.0. The van der Waals surface area contributed by atoms with E-state index in [0.717, 1.165) is 13.1 Å². The standard InChI is InChI=1S/C27H39N2.C19H12F5NO3.ClH.Ru/c1-18(2)22-11-9-12-23(19(3)4)26(22)28-15-16-29(17-28)27-24(20(5)6)13-10-14-25(27)21(7)8;1-7(2)16-19(27)25(9-6-4-5-8(3)17(9)28-16)18(26)10-11(20)13(22)15(24)14(23)12(10)21;;/h9-14,17-21H,15-16H2,1-8H3;3-7,16H,1-2H3;1H;/q-1;;;+1/p-1. The predicted octanol–water partition coefficient (Wildman–Crippen LogP) is 12.0. The molecular formula is C46H51ClF5N3O3Ru-. The fraction of sp³-hybridized carbons (Fsp3) is 0.391. The fourth-order valence-corrected chi connectivity index (χ4v) is 8.54. The summed E-state index contributed by atoms with van der Waals surface area (Å²) in [6.45, 7) is 26.1. The minimum atomic E-state index is -2.41. The summed E-state index contributed by atoms with van der Waals surface area (Å²) >= 11 is -0.736. The van der Waals surface area contributed by atoms with Crippen molar-refractivity contribution in [3.05, 3.63) is 124 Å². The molecule has 13 heteroatoms. The summed E-state index contributed by atoms with van der Waals surface area (Å²) in [6, 6.07) is 18.0. The van der Waals surface area contributed by atoms with Gasteiger partial charge in [0.15, 0.2) is 0 Å². The van der Waals surface area contributed by atoms with E-state index in [1.165, 1.54) is 45.8 Å². The number of benzene rings is 4. The number of hydrogen-bond donors (Lipinski definition) is 0. The molecule has 0 spiro atoms. The second-order valence-corrected chi connectivity index (χ2v) is 18.1. The number of carbonyl (C=O) groups excluding carboxylic acids is 2. The molecule has 0 aromatic heterocycles. The number of carbonyl (C=O) groups is 2. The number of amides is 2. The summed E-state index contributed by atoms with van der Waals surface area (Å²) in [5.41, 5.74) is 7.17. The maximum atomic E-state index is 14.2. The Morgan fingerprint density at radius 1 is 0.695 bits per heavy atom. The van der Waals surface area contributed by atoms with Gasteiger partial charge < -0.3 is 9.80 Å². The zero-order chi connectivity index (χ0) is 43.6. The molecule has 319 valence electrons. The summed E-state index contributed by atoms with van der Waals surface area (Å²) < 4.78 is 76.4. The van der Waals surface area contributed by atoms with Crippen LogP contribution in [0, 0.1) is 41.7 Å². The first-order valence-electron chi connectivity index (χ1n) is 19.7. The van der Waals surface area contributed by atoms with E-state index in [-0.39, 0.29) is 11.4 Å². The topological polar surface area (TPSA) is 53.1 Å². The molecule has 59 heavy (non-hydrogen) atoms. The Balaban J connectivity index is 0.000000224. The molecule has 1 atom stereocenters. The van der Waals surface area contributed by atoms with Crippen LogP contribution >= 0.6 is 9.69 Å². The van der Waals surface area contributed by atoms with Crippen molar-refractivity contribution in [3.8, 4) is 5.75 Å². The number of imide groups is 1. The zero-order valence-corrected chi connectivity index (χ0v) is 37.4. The van der Waals surface area contributed by atoms with Crippen molar-refractivity contribution < 1.29 is 52.0 Å². The Morgan fingerprint density at radius 2 is 1.10 bits per heavy atom. The van der Waals surface area contributed by atoms with Gasteiger partial charge in [0, 0.05) is 24.5 Å². The van der Waals surface area contributed by atoms with Crippen LogP contribution in [0.15, 0.2) is 54.6 Å². The maximum Gasteiger partial charge on any atom is 0.0156 e. The smallest absolute Gasteiger partial charge is 0.0156 e. The van der Waals surface area contributed by atoms with Crippen LogP contribution in [0.4, 0.5) is 39.0 Å². The number of nitrogens with zero attached hydrogens (tertiary/aromatic N) is 3. The van der Waals surface area contributed by atoms with E-state index in [1.54, 1.807) is 24.5 Å². The SMILES string of the molecule is CC(C)C1Oc2c([CH]=[Ru][Cl])cccc2N(C(=O)c2c(F)c(F)c(F)c(F)c2F)C1=O.CC(C)c1cccc(C(C)C)c1N1[CH-]N(c2c(C(C)C)cccc2C(C)C)CC1. The Labute approximate surface area is 355 Å². The van der Waals surface area contributed by atoms with Gasteiger partial charge in [-0.15, -0.1) is 0 Å². The van der Waals surface area contributed by atoms with Crippen molar-refractivity contribution in [1.82, 2.24) is 0 Å². The van der Waals surface area contributed by atoms with Crippen LogP contribution in [0.3, 0.4) is 0 Å². The molecule has 4 aromatic carbocycles. The van der Waals surface area contributed by atoms with Gasteiger partial charge in [-0.3, -0.25) is 0 Å². The molecule has 1 unspecified atom stereocenters. The Kier molecular flexibility index (Phi) is 14.8. The van der Waals surface area contributed by atoms with Crippen LogP contribution in [0.2, 0.25) is 0 Å². The summed E-state index contributed by atoms with van der Waals surface area (Å²) in [4.78, 5) is 31.3. The van der Waals surface area contributed by atoms with Crippen LogP contribution in [0.1, 0.15) is 131 Å². The van der Waals surface area contributed by atoms with Gasteiger partial charge in [0.2, 0.25) is 0 Å². The third-order valence-electron chi connectivity index (χ3n) is 10.5. The van der Waals surface area contributed by atoms with Crippen molar-refractivity contribution >= 4 is 43.2 Å². The first kappa shape index (κ1) is 45.9. The average Bonchev–Trinajstić information content (AvgIpc) is 3.68. The second kappa shape index (κ2) is 19.1. The largest absolute Gasteiger partial charge is 0.502 e. The van der Waals surface area contributed by atoms with Gasteiger partial charge in [-0.2, -0.15) is 6.67 Å². The van der Waals surface area contributed by atoms with Crippen molar-refractivity contribution in [2.24, 2.45) is 5.92 Å². The third kappa shape index (κ3) is 9.14. The van der Waals surface area contributed by atoms with Gasteiger partial charge in [-0.25, -0.2) is 0 Å². The maximum absolute atomic E-state index is 14.2. The molecule has 2 aliphatic rings. The first-order chi connectivity index (χ1) is 27.8. The molecule has 0 N–H and O–H groups in total. The van der Waals surface area contributed by atoms with Crippen molar-refractivity contribution in [1.29, 1.82) is 0 Å². The molecule has 1 fully saturated rings. The fourth-order valence-electron chi connectivity index (χ4n) is 7.45. The molecule has 4 aromatic rings. The van der Waals surface area contributed by atoms with Crippen molar-refractivity contribution in [2.45, 2.75) is 99.0 Å². The zero-order valence-electron chi connectivity index (χ0n) is 34.9. The number of rotatable bonds is 9. The van der Waals surface area contributed by atoms with Gasteiger partial charge >= 0.3 is 179 Å². The van der Waals surface area contributed by atoms with Crippen LogP contribution in [-0.4, -0.2) is 35.6 Å². The van der Waals surface area contributed by atoms with Gasteiger partial charge in [0.05, 0.1) is 0 Å². The Bertz CT molecular complexity index is 2090. The minimum Gasteiger partial charge on any atom is -0.502 e. The van der Waals surface area contributed by atoms with E-state index in [0.29, 0.717) is 34.1 Å². The molecule has 0 radical (unpaired) electrons. The van der Waals surface area contributed by atoms with Gasteiger partial charge in [0.25, 0.3) is 0 Å². The van der Waals surface area contributed by atoms with E-state index in [2.05, 4.69) is 108 Å². The van der Waals surface area contributed by atoms with Crippen LogP contribution in [0.25, 0.3) is 0 Å². The normalized spacial score (nSPS) is 15.7. The van der Waals surface area contributed by atoms with E-state index in [9.17, 15) is 31.5 Å². The second-order valence-electron chi connectivity index (χ2n) is 16.3. The average molecular weight is 925 g/mol. The minimum absolute atomic E-state index is 0.0444. The molecule has 2 heterocycles. The molecule has 0 aliphatic carbocycles. The van der Waals surface area contributed by atoms with Gasteiger partial charge in [0.1, 0.15) is 0 Å². The molecule has 0 bridgehead atoms. The third-order valence-corrected chi connectivity index (χ3v) is 11.7. The molecule has 0 saturated carbocycles. The quantitative estimate of drug-likeness (QED) is 0.0418. The van der Waals surface area contributed by atoms with E-state index < -0.39 is 74.2 Å². The number of fused-ring (bicyclic) bond motifs is 1. The van der Waals surface area contributed by atoms with Crippen molar-refractivity contribution in [3.63, 3.8) is 0 Å². The number of anilines is 3. The summed E-state index contributed by atoms with van der Waals surface area (Å²) in [7, 11) is 5.81. The molecule has 2 amide bonds. The van der Waals surface area contributed by atoms with Gasteiger partial charge in [-0.05, 0) is 45.9 Å². The molecular weight excluding hydrogens is 874 g/mol. The van der Waals surface area contributed by atoms with E-state index in [1.807, 2.05) is 0 Å². The number of para-hydroxylation sites is 3. The van der Waals surface area contributed by atoms with Crippen LogP contribution < -0.4 is 19.4 Å². The predicted molar refractivity (Wildman–Crippen MR) is 223 cm³/mol. The van der Waals surface area contributed by atoms with Crippen LogP contribution in [-0.2, 0) is 20.5 Å². The molecule has 2 aliphatic heterocycles. The molecule has 6 rings (SSSR count). The molecule has 6 nitrogen and oxygen atoms in total. The van der Waals surface area contributed by atoms with Crippen LogP contribution in [0.5, 0.6) is 5.75 Å². The van der Waals surface area contributed by atoms with Gasteiger partial charge in [-0.1, -0.05) is 91.8 Å². The monoisotopic (exact) mass is 925 g/mol.